The van der Waals surface area contributed by atoms with Gasteiger partial charge in [0.1, 0.15) is 17.3 Å². The molecule has 24 heavy (non-hydrogen) atoms. The molecule has 2 N–H and O–H groups in total. The maximum Gasteiger partial charge on any atom is 0.323 e. The Labute approximate surface area is 138 Å². The van der Waals surface area contributed by atoms with Gasteiger partial charge in [0.2, 0.25) is 0 Å². The molecule has 0 fully saturated rings. The van der Waals surface area contributed by atoms with Crippen LogP contribution >= 0.6 is 0 Å². The molecule has 0 spiro atoms. The minimum atomic E-state index is -0.517. The fourth-order valence-electron chi connectivity index (χ4n) is 2.08. The highest BCUT2D eigenvalue weighted by atomic mass is 19.1. The molecule has 3 rings (SSSR count). The summed E-state index contributed by atoms with van der Waals surface area (Å²) in [7, 11) is 0. The Kier molecular flexibility index (Phi) is 4.72. The zero-order valence-electron chi connectivity index (χ0n) is 12.7. The highest BCUT2D eigenvalue weighted by Crippen LogP contribution is 2.22. The molecule has 120 valence electrons. The molecule has 0 unspecified atom stereocenters. The first-order chi connectivity index (χ1) is 11.7. The summed E-state index contributed by atoms with van der Waals surface area (Å²) in [6, 6.07) is 21.8. The van der Waals surface area contributed by atoms with Crippen molar-refractivity contribution in [1.29, 1.82) is 0 Å². The van der Waals surface area contributed by atoms with Gasteiger partial charge in [0.15, 0.2) is 0 Å². The van der Waals surface area contributed by atoms with Crippen LogP contribution in [-0.4, -0.2) is 6.03 Å². The monoisotopic (exact) mass is 322 g/mol. The third-order valence-electron chi connectivity index (χ3n) is 3.21. The number of amides is 2. The van der Waals surface area contributed by atoms with Crippen LogP contribution in [0.15, 0.2) is 78.9 Å². The molecule has 0 aliphatic heterocycles. The van der Waals surface area contributed by atoms with Crippen LogP contribution in [0.1, 0.15) is 0 Å². The topological polar surface area (TPSA) is 50.4 Å². The van der Waals surface area contributed by atoms with E-state index < -0.39 is 11.8 Å². The molecule has 0 bridgehead atoms. The lowest BCUT2D eigenvalue weighted by Crippen LogP contribution is -2.19. The van der Waals surface area contributed by atoms with Gasteiger partial charge in [-0.3, -0.25) is 0 Å². The fourth-order valence-corrected chi connectivity index (χ4v) is 2.08. The van der Waals surface area contributed by atoms with Gasteiger partial charge in [0.05, 0.1) is 5.69 Å². The van der Waals surface area contributed by atoms with Gasteiger partial charge < -0.3 is 15.4 Å². The normalized spacial score (nSPS) is 10.0. The third-order valence-corrected chi connectivity index (χ3v) is 3.21. The van der Waals surface area contributed by atoms with E-state index in [2.05, 4.69) is 10.6 Å². The van der Waals surface area contributed by atoms with Crippen molar-refractivity contribution in [2.45, 2.75) is 0 Å². The standard InChI is InChI=1S/C19H15FN2O2/c20-17-8-4-5-9-18(17)22-19(23)21-14-10-12-16(13-11-14)24-15-6-2-1-3-7-15/h1-13H,(H2,21,22,23). The van der Waals surface area contributed by atoms with E-state index in [4.69, 9.17) is 4.74 Å². The molecule has 0 atom stereocenters. The number of rotatable bonds is 4. The van der Waals surface area contributed by atoms with Gasteiger partial charge in [-0.25, -0.2) is 9.18 Å². The molecule has 2 amide bonds. The number of para-hydroxylation sites is 2. The number of hydrogen-bond acceptors (Lipinski definition) is 2. The first-order valence-electron chi connectivity index (χ1n) is 7.36. The Morgan fingerprint density at radius 1 is 0.750 bits per heavy atom. The highest BCUT2D eigenvalue weighted by molar-refractivity contribution is 5.99. The number of nitrogens with one attached hydrogen (secondary N) is 2. The zero-order valence-corrected chi connectivity index (χ0v) is 12.7. The Balaban J connectivity index is 1.60. The first kappa shape index (κ1) is 15.6. The van der Waals surface area contributed by atoms with Crippen LogP contribution in [0.5, 0.6) is 11.5 Å². The van der Waals surface area contributed by atoms with E-state index in [1.165, 1.54) is 12.1 Å². The number of ether oxygens (including phenoxy) is 1. The van der Waals surface area contributed by atoms with Crippen LogP contribution in [0.4, 0.5) is 20.6 Å². The van der Waals surface area contributed by atoms with Gasteiger partial charge >= 0.3 is 6.03 Å². The lowest BCUT2D eigenvalue weighted by molar-refractivity contribution is 0.262. The molecular weight excluding hydrogens is 307 g/mol. The summed E-state index contributed by atoms with van der Waals surface area (Å²) in [5, 5.41) is 5.09. The number of carbonyl (C=O) groups excluding carboxylic acids is 1. The summed E-state index contributed by atoms with van der Waals surface area (Å²) in [4.78, 5) is 11.9. The average Bonchev–Trinajstić information content (AvgIpc) is 2.60. The molecule has 4 nitrogen and oxygen atoms in total. The largest absolute Gasteiger partial charge is 0.457 e. The minimum absolute atomic E-state index is 0.124. The molecular formula is C19H15FN2O2. The van der Waals surface area contributed by atoms with Crippen LogP contribution in [0.2, 0.25) is 0 Å². The van der Waals surface area contributed by atoms with Crippen molar-refractivity contribution < 1.29 is 13.9 Å². The smallest absolute Gasteiger partial charge is 0.323 e. The molecule has 0 heterocycles. The van der Waals surface area contributed by atoms with E-state index in [0.29, 0.717) is 11.4 Å². The van der Waals surface area contributed by atoms with Gasteiger partial charge in [0.25, 0.3) is 0 Å². The second-order valence-corrected chi connectivity index (χ2v) is 5.00. The maximum atomic E-state index is 13.5. The van der Waals surface area contributed by atoms with Crippen LogP contribution in [0, 0.1) is 5.82 Å². The Hall–Kier alpha value is -3.34. The van der Waals surface area contributed by atoms with Crippen LogP contribution in [-0.2, 0) is 0 Å². The van der Waals surface area contributed by atoms with Crippen molar-refractivity contribution >= 4 is 17.4 Å². The number of benzene rings is 3. The van der Waals surface area contributed by atoms with Gasteiger partial charge in [-0.05, 0) is 48.5 Å². The van der Waals surface area contributed by atoms with E-state index in [1.54, 1.807) is 36.4 Å². The quantitative estimate of drug-likeness (QED) is 0.688. The van der Waals surface area contributed by atoms with E-state index in [0.717, 1.165) is 5.75 Å². The van der Waals surface area contributed by atoms with Crippen LogP contribution < -0.4 is 15.4 Å². The molecule has 0 radical (unpaired) electrons. The van der Waals surface area contributed by atoms with Crippen molar-refractivity contribution in [3.8, 4) is 11.5 Å². The summed E-state index contributed by atoms with van der Waals surface area (Å²) in [6.45, 7) is 0. The lowest BCUT2D eigenvalue weighted by Gasteiger charge is -2.09. The van der Waals surface area contributed by atoms with Crippen molar-refractivity contribution in [1.82, 2.24) is 0 Å². The van der Waals surface area contributed by atoms with E-state index in [-0.39, 0.29) is 5.69 Å². The molecule has 3 aromatic rings. The van der Waals surface area contributed by atoms with E-state index in [9.17, 15) is 9.18 Å². The number of anilines is 2. The predicted octanol–water partition coefficient (Wildman–Crippen LogP) is 5.26. The van der Waals surface area contributed by atoms with Crippen molar-refractivity contribution in [3.05, 3.63) is 84.7 Å². The summed E-state index contributed by atoms with van der Waals surface area (Å²) in [6.07, 6.45) is 0. The molecule has 3 aromatic carbocycles. The second-order valence-electron chi connectivity index (χ2n) is 5.00. The third kappa shape index (κ3) is 4.10. The van der Waals surface area contributed by atoms with Crippen LogP contribution in [0.25, 0.3) is 0 Å². The Morgan fingerprint density at radius 2 is 1.38 bits per heavy atom. The van der Waals surface area contributed by atoms with Gasteiger partial charge in [-0.2, -0.15) is 0 Å². The number of carbonyl (C=O) groups is 1. The zero-order chi connectivity index (χ0) is 16.8. The number of halogens is 1. The predicted molar refractivity (Wildman–Crippen MR) is 92.0 cm³/mol. The fraction of sp³-hybridized carbons (Fsp3) is 0. The summed E-state index contributed by atoms with van der Waals surface area (Å²) in [5.74, 6) is 0.899. The summed E-state index contributed by atoms with van der Waals surface area (Å²) >= 11 is 0. The SMILES string of the molecule is O=C(Nc1ccc(Oc2ccccc2)cc1)Nc1ccccc1F. The second kappa shape index (κ2) is 7.28. The van der Waals surface area contributed by atoms with Gasteiger partial charge in [-0.1, -0.05) is 30.3 Å². The minimum Gasteiger partial charge on any atom is -0.457 e. The number of urea groups is 1. The Bertz CT molecular complexity index is 820. The lowest BCUT2D eigenvalue weighted by atomic mass is 10.3. The highest BCUT2D eigenvalue weighted by Gasteiger charge is 2.06. The van der Waals surface area contributed by atoms with Gasteiger partial charge in [0, 0.05) is 5.69 Å². The number of hydrogen-bond donors (Lipinski definition) is 2. The van der Waals surface area contributed by atoms with Crippen molar-refractivity contribution in [2.24, 2.45) is 0 Å². The van der Waals surface area contributed by atoms with Crippen molar-refractivity contribution in [3.63, 3.8) is 0 Å². The molecule has 0 aromatic heterocycles. The summed E-state index contributed by atoms with van der Waals surface area (Å²) < 4.78 is 19.2. The molecule has 0 aliphatic rings. The molecule has 5 heteroatoms. The average molecular weight is 322 g/mol. The molecule has 0 saturated carbocycles. The van der Waals surface area contributed by atoms with Gasteiger partial charge in [-0.15, -0.1) is 0 Å². The van der Waals surface area contributed by atoms with E-state index in [1.807, 2.05) is 30.3 Å². The first-order valence-corrected chi connectivity index (χ1v) is 7.36. The summed E-state index contributed by atoms with van der Waals surface area (Å²) in [5.41, 5.74) is 0.697. The maximum absolute atomic E-state index is 13.5. The van der Waals surface area contributed by atoms with Crippen molar-refractivity contribution in [2.75, 3.05) is 10.6 Å². The van der Waals surface area contributed by atoms with Crippen LogP contribution in [0.3, 0.4) is 0 Å². The molecule has 0 aliphatic carbocycles. The van der Waals surface area contributed by atoms with E-state index >= 15 is 0 Å². The molecule has 0 saturated heterocycles. The Morgan fingerprint density at radius 3 is 2.08 bits per heavy atom.